The lowest BCUT2D eigenvalue weighted by atomic mass is 10.2. The maximum absolute atomic E-state index is 11.9. The smallest absolute Gasteiger partial charge is 0.226 e. The molecule has 2 N–H and O–H groups in total. The van der Waals surface area contributed by atoms with Crippen molar-refractivity contribution in [2.24, 2.45) is 0 Å². The van der Waals surface area contributed by atoms with E-state index in [1.165, 1.54) is 0 Å². The maximum atomic E-state index is 11.9. The molecule has 0 aliphatic heterocycles. The van der Waals surface area contributed by atoms with Crippen molar-refractivity contribution in [1.82, 2.24) is 0 Å². The van der Waals surface area contributed by atoms with Crippen LogP contribution in [-0.4, -0.2) is 12.5 Å². The van der Waals surface area contributed by atoms with Gasteiger partial charge in [-0.05, 0) is 46.3 Å². The number of nitrogens with zero attached hydrogens (tertiary/aromatic N) is 1. The van der Waals surface area contributed by atoms with Crippen LogP contribution in [0.5, 0.6) is 0 Å². The lowest BCUT2D eigenvalue weighted by molar-refractivity contribution is -0.115. The van der Waals surface area contributed by atoms with E-state index in [2.05, 4.69) is 32.6 Å². The zero-order chi connectivity index (χ0) is 15.1. The number of anilines is 2. The van der Waals surface area contributed by atoms with Gasteiger partial charge in [0.15, 0.2) is 0 Å². The van der Waals surface area contributed by atoms with Crippen LogP contribution in [0.3, 0.4) is 0 Å². The molecule has 0 unspecified atom stereocenters. The van der Waals surface area contributed by atoms with Gasteiger partial charge in [-0.15, -0.1) is 0 Å². The van der Waals surface area contributed by atoms with Crippen molar-refractivity contribution in [3.05, 3.63) is 58.6 Å². The van der Waals surface area contributed by atoms with Gasteiger partial charge in [-0.3, -0.25) is 4.79 Å². The predicted octanol–water partition coefficient (Wildman–Crippen LogP) is 3.76. The zero-order valence-corrected chi connectivity index (χ0v) is 12.9. The molecule has 0 aliphatic rings. The van der Waals surface area contributed by atoms with Gasteiger partial charge in [-0.1, -0.05) is 18.2 Å². The molecule has 0 aliphatic carbocycles. The number of carbonyl (C=O) groups is 1. The van der Waals surface area contributed by atoms with E-state index >= 15 is 0 Å². The van der Waals surface area contributed by atoms with Crippen molar-refractivity contribution in [2.75, 3.05) is 17.2 Å². The van der Waals surface area contributed by atoms with Crippen molar-refractivity contribution in [2.45, 2.75) is 6.42 Å². The fourth-order valence-corrected chi connectivity index (χ4v) is 2.18. The highest BCUT2D eigenvalue weighted by atomic mass is 79.9. The molecule has 0 radical (unpaired) electrons. The van der Waals surface area contributed by atoms with Gasteiger partial charge in [0.05, 0.1) is 17.3 Å². The van der Waals surface area contributed by atoms with E-state index in [0.717, 1.165) is 15.8 Å². The Morgan fingerprint density at radius 2 is 2.00 bits per heavy atom. The summed E-state index contributed by atoms with van der Waals surface area (Å²) in [6.45, 7) is 0.505. The molecule has 0 spiro atoms. The summed E-state index contributed by atoms with van der Waals surface area (Å²) in [7, 11) is 0. The Hall–Kier alpha value is -2.32. The number of hydrogen-bond acceptors (Lipinski definition) is 3. The van der Waals surface area contributed by atoms with E-state index in [1.807, 2.05) is 36.4 Å². The first-order valence-corrected chi connectivity index (χ1v) is 7.27. The van der Waals surface area contributed by atoms with Crippen LogP contribution < -0.4 is 10.6 Å². The number of hydrogen-bond donors (Lipinski definition) is 2. The number of halogens is 1. The van der Waals surface area contributed by atoms with E-state index in [4.69, 9.17) is 5.26 Å². The Morgan fingerprint density at radius 3 is 2.76 bits per heavy atom. The van der Waals surface area contributed by atoms with Crippen LogP contribution in [0.25, 0.3) is 0 Å². The van der Waals surface area contributed by atoms with Crippen molar-refractivity contribution in [1.29, 1.82) is 5.26 Å². The van der Waals surface area contributed by atoms with Crippen LogP contribution >= 0.6 is 15.9 Å². The Morgan fingerprint density at radius 1 is 1.19 bits per heavy atom. The molecule has 0 fully saturated rings. The summed E-state index contributed by atoms with van der Waals surface area (Å²) >= 11 is 3.38. The summed E-state index contributed by atoms with van der Waals surface area (Å²) in [4.78, 5) is 11.9. The van der Waals surface area contributed by atoms with Crippen LogP contribution in [0, 0.1) is 11.3 Å². The molecule has 2 aromatic carbocycles. The van der Waals surface area contributed by atoms with Crippen molar-refractivity contribution in [3.8, 4) is 6.07 Å². The van der Waals surface area contributed by atoms with Gasteiger partial charge in [0.1, 0.15) is 0 Å². The highest BCUT2D eigenvalue weighted by Gasteiger charge is 2.04. The minimum Gasteiger partial charge on any atom is -0.384 e. The lowest BCUT2D eigenvalue weighted by Gasteiger charge is -2.08. The lowest BCUT2D eigenvalue weighted by Crippen LogP contribution is -2.16. The first-order valence-electron chi connectivity index (χ1n) is 6.47. The Bertz CT molecular complexity index is 679. The molecule has 1 amide bonds. The average molecular weight is 344 g/mol. The fraction of sp³-hybridized carbons (Fsp3) is 0.125. The van der Waals surface area contributed by atoms with Crippen molar-refractivity contribution in [3.63, 3.8) is 0 Å². The largest absolute Gasteiger partial charge is 0.384 e. The van der Waals surface area contributed by atoms with Gasteiger partial charge in [0.25, 0.3) is 0 Å². The second-order valence-corrected chi connectivity index (χ2v) is 5.25. The Kier molecular flexibility index (Phi) is 5.35. The topological polar surface area (TPSA) is 64.9 Å². The second-order valence-electron chi connectivity index (χ2n) is 4.40. The molecule has 4 nitrogen and oxygen atoms in total. The van der Waals surface area contributed by atoms with Crippen LogP contribution in [-0.2, 0) is 4.79 Å². The third-order valence-corrected chi connectivity index (χ3v) is 3.51. The molecule has 0 atom stereocenters. The van der Waals surface area contributed by atoms with Crippen molar-refractivity contribution >= 4 is 33.2 Å². The number of carbonyl (C=O) groups excluding carboxylic acids is 1. The van der Waals surface area contributed by atoms with Crippen LogP contribution in [0.4, 0.5) is 11.4 Å². The molecule has 0 heterocycles. The number of benzene rings is 2. The molecule has 0 aromatic heterocycles. The zero-order valence-electron chi connectivity index (χ0n) is 11.3. The average Bonchev–Trinajstić information content (AvgIpc) is 2.50. The second kappa shape index (κ2) is 7.46. The van der Waals surface area contributed by atoms with Crippen molar-refractivity contribution < 1.29 is 4.79 Å². The number of rotatable bonds is 5. The summed E-state index contributed by atoms with van der Waals surface area (Å²) in [5.74, 6) is -0.0640. The van der Waals surface area contributed by atoms with E-state index < -0.39 is 0 Å². The summed E-state index contributed by atoms with van der Waals surface area (Å²) in [5, 5.41) is 14.8. The molecule has 0 saturated carbocycles. The highest BCUT2D eigenvalue weighted by Crippen LogP contribution is 2.21. The molecular weight excluding hydrogens is 330 g/mol. The Labute approximate surface area is 131 Å². The quantitative estimate of drug-likeness (QED) is 0.868. The van der Waals surface area contributed by atoms with Gasteiger partial charge in [0.2, 0.25) is 5.91 Å². The number of amides is 1. The third-order valence-electron chi connectivity index (χ3n) is 2.82. The number of para-hydroxylation sites is 1. The molecule has 2 rings (SSSR count). The van der Waals surface area contributed by atoms with Crippen LogP contribution in [0.2, 0.25) is 0 Å². The number of nitriles is 1. The minimum atomic E-state index is -0.0640. The molecule has 2 aromatic rings. The molecular formula is C16H14BrN3O. The minimum absolute atomic E-state index is 0.0640. The predicted molar refractivity (Wildman–Crippen MR) is 87.0 cm³/mol. The van der Waals surface area contributed by atoms with Gasteiger partial charge < -0.3 is 10.6 Å². The van der Waals surface area contributed by atoms with Gasteiger partial charge >= 0.3 is 0 Å². The van der Waals surface area contributed by atoms with Crippen LogP contribution in [0.1, 0.15) is 12.0 Å². The maximum Gasteiger partial charge on any atom is 0.226 e. The molecule has 21 heavy (non-hydrogen) atoms. The third kappa shape index (κ3) is 4.62. The first-order chi connectivity index (χ1) is 10.2. The monoisotopic (exact) mass is 343 g/mol. The summed E-state index contributed by atoms with van der Waals surface area (Å²) < 4.78 is 0.855. The summed E-state index contributed by atoms with van der Waals surface area (Å²) in [6.07, 6.45) is 0.345. The number of nitrogens with one attached hydrogen (secondary N) is 2. The molecule has 106 valence electrons. The van der Waals surface area contributed by atoms with Gasteiger partial charge in [-0.25, -0.2) is 0 Å². The molecule has 5 heteroatoms. The fourth-order valence-electron chi connectivity index (χ4n) is 1.79. The first kappa shape index (κ1) is 15.1. The Balaban J connectivity index is 1.82. The SMILES string of the molecule is N#Cc1cccc(NCCC(=O)Nc2ccccc2Br)c1. The van der Waals surface area contributed by atoms with E-state index in [0.29, 0.717) is 18.5 Å². The molecule has 0 bridgehead atoms. The van der Waals surface area contributed by atoms with Gasteiger partial charge in [0, 0.05) is 23.1 Å². The van der Waals surface area contributed by atoms with E-state index in [1.54, 1.807) is 12.1 Å². The normalized spacial score (nSPS) is 9.71. The van der Waals surface area contributed by atoms with Crippen LogP contribution in [0.15, 0.2) is 53.0 Å². The highest BCUT2D eigenvalue weighted by molar-refractivity contribution is 9.10. The summed E-state index contributed by atoms with van der Waals surface area (Å²) in [5.41, 5.74) is 2.19. The summed E-state index contributed by atoms with van der Waals surface area (Å²) in [6, 6.07) is 16.7. The van der Waals surface area contributed by atoms with E-state index in [9.17, 15) is 4.79 Å². The van der Waals surface area contributed by atoms with Gasteiger partial charge in [-0.2, -0.15) is 5.26 Å². The van der Waals surface area contributed by atoms with E-state index in [-0.39, 0.29) is 5.91 Å². The molecule has 0 saturated heterocycles. The standard InChI is InChI=1S/C16H14BrN3O/c17-14-6-1-2-7-15(14)20-16(21)8-9-19-13-5-3-4-12(10-13)11-18/h1-7,10,19H,8-9H2,(H,20,21).